The zero-order valence-corrected chi connectivity index (χ0v) is 12.8. The summed E-state index contributed by atoms with van der Waals surface area (Å²) in [5, 5.41) is 2.84. The highest BCUT2D eigenvalue weighted by atomic mass is 32.2. The molecule has 112 valence electrons. The van der Waals surface area contributed by atoms with Crippen molar-refractivity contribution in [3.05, 3.63) is 29.1 Å². The summed E-state index contributed by atoms with van der Waals surface area (Å²) in [4.78, 5) is 0.142. The lowest BCUT2D eigenvalue weighted by molar-refractivity contribution is 0.571. The first-order valence-corrected chi connectivity index (χ1v) is 8.33. The van der Waals surface area contributed by atoms with Gasteiger partial charge in [0.1, 0.15) is 5.82 Å². The van der Waals surface area contributed by atoms with Crippen molar-refractivity contribution in [1.82, 2.24) is 10.0 Å². The maximum absolute atomic E-state index is 13.9. The molecule has 0 bridgehead atoms. The van der Waals surface area contributed by atoms with Gasteiger partial charge in [-0.1, -0.05) is 13.3 Å². The zero-order valence-electron chi connectivity index (χ0n) is 12.0. The molecule has 1 aromatic rings. The fraction of sp³-hybridized carbons (Fsp3) is 0.571. The molecule has 0 saturated heterocycles. The number of benzene rings is 1. The van der Waals surface area contributed by atoms with Crippen molar-refractivity contribution in [3.8, 4) is 0 Å². The van der Waals surface area contributed by atoms with Crippen LogP contribution in [0.1, 0.15) is 30.9 Å². The van der Waals surface area contributed by atoms with Gasteiger partial charge in [-0.15, -0.1) is 0 Å². The largest absolute Gasteiger partial charge is 0.316 e. The SMILES string of the molecule is CCC1CC1NS(=O)(=O)c1cc(C)c(F)c(CNC)c1. The van der Waals surface area contributed by atoms with Crippen LogP contribution < -0.4 is 10.0 Å². The van der Waals surface area contributed by atoms with Crippen molar-refractivity contribution in [2.75, 3.05) is 7.05 Å². The minimum atomic E-state index is -3.56. The Morgan fingerprint density at radius 1 is 1.40 bits per heavy atom. The third kappa shape index (κ3) is 3.19. The predicted molar refractivity (Wildman–Crippen MR) is 76.4 cm³/mol. The summed E-state index contributed by atoms with van der Waals surface area (Å²) in [7, 11) is -1.87. The van der Waals surface area contributed by atoms with Crippen molar-refractivity contribution in [2.45, 2.75) is 44.2 Å². The molecule has 2 unspecified atom stereocenters. The Hall–Kier alpha value is -0.980. The smallest absolute Gasteiger partial charge is 0.240 e. The van der Waals surface area contributed by atoms with Gasteiger partial charge >= 0.3 is 0 Å². The van der Waals surface area contributed by atoms with Crippen molar-refractivity contribution >= 4 is 10.0 Å². The van der Waals surface area contributed by atoms with Crippen molar-refractivity contribution in [2.24, 2.45) is 5.92 Å². The van der Waals surface area contributed by atoms with E-state index in [1.54, 1.807) is 14.0 Å². The van der Waals surface area contributed by atoms with E-state index in [4.69, 9.17) is 0 Å². The highest BCUT2D eigenvalue weighted by Gasteiger charge is 2.38. The molecule has 1 saturated carbocycles. The third-order valence-electron chi connectivity index (χ3n) is 3.73. The molecule has 1 aliphatic rings. The molecule has 2 atom stereocenters. The van der Waals surface area contributed by atoms with E-state index in [-0.39, 0.29) is 16.8 Å². The second-order valence-corrected chi connectivity index (χ2v) is 7.09. The van der Waals surface area contributed by atoms with Gasteiger partial charge in [-0.3, -0.25) is 0 Å². The van der Waals surface area contributed by atoms with E-state index >= 15 is 0 Å². The second-order valence-electron chi connectivity index (χ2n) is 5.38. The van der Waals surface area contributed by atoms with Crippen LogP contribution in [0.2, 0.25) is 0 Å². The summed E-state index contributed by atoms with van der Waals surface area (Å²) in [5.41, 5.74) is 0.719. The van der Waals surface area contributed by atoms with Crippen LogP contribution in [0.3, 0.4) is 0 Å². The number of halogens is 1. The molecule has 0 aliphatic heterocycles. The molecule has 0 spiro atoms. The lowest BCUT2D eigenvalue weighted by atomic mass is 10.1. The molecule has 2 N–H and O–H groups in total. The van der Waals surface area contributed by atoms with Crippen LogP contribution in [0.25, 0.3) is 0 Å². The van der Waals surface area contributed by atoms with Crippen LogP contribution in [0.4, 0.5) is 4.39 Å². The molecule has 0 amide bonds. The molecule has 0 heterocycles. The average molecular weight is 300 g/mol. The number of rotatable bonds is 6. The summed E-state index contributed by atoms with van der Waals surface area (Å²) in [6, 6.07) is 2.83. The normalized spacial score (nSPS) is 22.0. The van der Waals surface area contributed by atoms with Gasteiger partial charge in [0.05, 0.1) is 4.90 Å². The quantitative estimate of drug-likeness (QED) is 0.844. The number of hydrogen-bond donors (Lipinski definition) is 2. The lowest BCUT2D eigenvalue weighted by Gasteiger charge is -2.11. The van der Waals surface area contributed by atoms with Gasteiger partial charge in [-0.05, 0) is 44.0 Å². The first kappa shape index (κ1) is 15.4. The van der Waals surface area contributed by atoms with Crippen LogP contribution in [-0.4, -0.2) is 21.5 Å². The van der Waals surface area contributed by atoms with Gasteiger partial charge in [0, 0.05) is 18.2 Å². The van der Waals surface area contributed by atoms with Gasteiger partial charge in [0.15, 0.2) is 0 Å². The second kappa shape index (κ2) is 5.79. The molecule has 1 aromatic carbocycles. The summed E-state index contributed by atoms with van der Waals surface area (Å²) >= 11 is 0. The Kier molecular flexibility index (Phi) is 4.46. The first-order valence-electron chi connectivity index (χ1n) is 6.85. The third-order valence-corrected chi connectivity index (χ3v) is 5.20. The van der Waals surface area contributed by atoms with Gasteiger partial charge in [0.2, 0.25) is 10.0 Å². The van der Waals surface area contributed by atoms with E-state index in [1.165, 1.54) is 12.1 Å². The molecular weight excluding hydrogens is 279 g/mol. The van der Waals surface area contributed by atoms with Gasteiger partial charge in [-0.25, -0.2) is 17.5 Å². The van der Waals surface area contributed by atoms with E-state index in [0.29, 0.717) is 23.6 Å². The molecule has 6 heteroatoms. The van der Waals surface area contributed by atoms with E-state index in [2.05, 4.69) is 10.0 Å². The average Bonchev–Trinajstić information content (AvgIpc) is 3.12. The van der Waals surface area contributed by atoms with Crippen LogP contribution in [0, 0.1) is 18.7 Å². The molecule has 0 aromatic heterocycles. The molecule has 20 heavy (non-hydrogen) atoms. The molecular formula is C14H21FN2O2S. The minimum absolute atomic E-state index is 0.0307. The standard InChI is InChI=1S/C14H21FN2O2S/c1-4-10-7-13(10)17-20(18,19)12-5-9(2)14(15)11(6-12)8-16-3/h5-6,10,13,16-17H,4,7-8H2,1-3H3. The lowest BCUT2D eigenvalue weighted by Crippen LogP contribution is -2.27. The minimum Gasteiger partial charge on any atom is -0.316 e. The van der Waals surface area contributed by atoms with Crippen molar-refractivity contribution in [3.63, 3.8) is 0 Å². The summed E-state index contributed by atoms with van der Waals surface area (Å²) < 4.78 is 41.2. The van der Waals surface area contributed by atoms with Crippen molar-refractivity contribution in [1.29, 1.82) is 0 Å². The van der Waals surface area contributed by atoms with E-state index in [9.17, 15) is 12.8 Å². The van der Waals surface area contributed by atoms with Crippen molar-refractivity contribution < 1.29 is 12.8 Å². The summed E-state index contributed by atoms with van der Waals surface area (Å²) in [5.74, 6) is 0.0826. The maximum atomic E-state index is 13.9. The van der Waals surface area contributed by atoms with Crippen LogP contribution in [-0.2, 0) is 16.6 Å². The first-order chi connectivity index (χ1) is 9.39. The van der Waals surface area contributed by atoms with Crippen LogP contribution in [0.5, 0.6) is 0 Å². The van der Waals surface area contributed by atoms with E-state index in [1.807, 2.05) is 6.92 Å². The number of hydrogen-bond acceptors (Lipinski definition) is 3. The van der Waals surface area contributed by atoms with Gasteiger partial charge < -0.3 is 5.32 Å². The Balaban J connectivity index is 2.27. The molecule has 1 aliphatic carbocycles. The predicted octanol–water partition coefficient (Wildman–Crippen LogP) is 1.93. The number of nitrogens with one attached hydrogen (secondary N) is 2. The molecule has 1 fully saturated rings. The Morgan fingerprint density at radius 3 is 2.65 bits per heavy atom. The fourth-order valence-corrected chi connectivity index (χ4v) is 3.84. The molecule has 0 radical (unpaired) electrons. The highest BCUT2D eigenvalue weighted by Crippen LogP contribution is 2.34. The Labute approximate surface area is 119 Å². The molecule has 4 nitrogen and oxygen atoms in total. The monoisotopic (exact) mass is 300 g/mol. The zero-order chi connectivity index (χ0) is 14.9. The van der Waals surface area contributed by atoms with E-state index < -0.39 is 10.0 Å². The number of sulfonamides is 1. The van der Waals surface area contributed by atoms with Crippen LogP contribution >= 0.6 is 0 Å². The summed E-state index contributed by atoms with van der Waals surface area (Å²) in [6.45, 7) is 3.93. The van der Waals surface area contributed by atoms with Gasteiger partial charge in [-0.2, -0.15) is 0 Å². The topological polar surface area (TPSA) is 58.2 Å². The Bertz CT molecular complexity index is 601. The summed E-state index contributed by atoms with van der Waals surface area (Å²) in [6.07, 6.45) is 1.86. The Morgan fingerprint density at radius 2 is 2.10 bits per heavy atom. The van der Waals surface area contributed by atoms with Crippen LogP contribution in [0.15, 0.2) is 17.0 Å². The maximum Gasteiger partial charge on any atom is 0.240 e. The van der Waals surface area contributed by atoms with Gasteiger partial charge in [0.25, 0.3) is 0 Å². The number of aryl methyl sites for hydroxylation is 1. The highest BCUT2D eigenvalue weighted by molar-refractivity contribution is 7.89. The fourth-order valence-electron chi connectivity index (χ4n) is 2.39. The van der Waals surface area contributed by atoms with E-state index in [0.717, 1.165) is 12.8 Å². The molecule has 2 rings (SSSR count).